The number of benzene rings is 3. The van der Waals surface area contributed by atoms with Crippen molar-refractivity contribution in [2.45, 2.75) is 50.7 Å². The summed E-state index contributed by atoms with van der Waals surface area (Å²) in [5, 5.41) is 31.9. The summed E-state index contributed by atoms with van der Waals surface area (Å²) < 4.78 is 53.6. The van der Waals surface area contributed by atoms with Gasteiger partial charge in [0.15, 0.2) is 5.65 Å². The second-order valence-corrected chi connectivity index (χ2v) is 10.9. The van der Waals surface area contributed by atoms with Crippen LogP contribution in [0.15, 0.2) is 79.0 Å². The van der Waals surface area contributed by atoms with Crippen molar-refractivity contribution in [1.82, 2.24) is 19.9 Å². The zero-order valence-corrected chi connectivity index (χ0v) is 29.2. The van der Waals surface area contributed by atoms with Gasteiger partial charge >= 0.3 is 37.3 Å². The maximum Gasteiger partial charge on any atom is 2.00 e. The van der Waals surface area contributed by atoms with Gasteiger partial charge in [0.1, 0.15) is 12.3 Å². The molecular formula is C34H33F4N5O2U. The molecule has 0 amide bonds. The normalized spacial score (nSPS) is 14.2. The average Bonchev–Trinajstić information content (AvgIpc) is 3.71. The van der Waals surface area contributed by atoms with Crippen LogP contribution in [0.3, 0.4) is 0 Å². The van der Waals surface area contributed by atoms with Gasteiger partial charge in [0.05, 0.1) is 29.7 Å². The number of hydrogen-bond donors (Lipinski definition) is 4. The topological polar surface area (TPSA) is 94.7 Å². The van der Waals surface area contributed by atoms with Crippen LogP contribution in [-0.4, -0.2) is 43.6 Å². The molecule has 2 aromatic heterocycles. The fraction of sp³-hybridized carbons (Fsp3) is 0.265. The number of aromatic nitrogens is 3. The molecule has 0 bridgehead atoms. The van der Waals surface area contributed by atoms with Gasteiger partial charge in [0.25, 0.3) is 0 Å². The molecule has 12 heteroatoms. The molecule has 0 spiro atoms. The number of anilines is 1. The SMILES string of the molecule is Cc1cc(-c2cnc3c(NCCC(F)(F)F)cc(C(O)c4[c-]ccc(F)c4)nn23)ccc1C(O)NC1CC1.[CH2-]c1ccccc1.[U+2]. The van der Waals surface area contributed by atoms with Crippen LogP contribution in [0.2, 0.25) is 0 Å². The predicted molar refractivity (Wildman–Crippen MR) is 164 cm³/mol. The summed E-state index contributed by atoms with van der Waals surface area (Å²) >= 11 is 0. The van der Waals surface area contributed by atoms with Crippen molar-refractivity contribution in [3.05, 3.63) is 126 Å². The van der Waals surface area contributed by atoms with Crippen molar-refractivity contribution >= 4 is 11.3 Å². The molecule has 4 N–H and O–H groups in total. The van der Waals surface area contributed by atoms with Crippen LogP contribution in [-0.2, 0) is 0 Å². The third-order valence-corrected chi connectivity index (χ3v) is 7.25. The van der Waals surface area contributed by atoms with Crippen LogP contribution in [0.25, 0.3) is 16.9 Å². The van der Waals surface area contributed by atoms with Gasteiger partial charge in [0.2, 0.25) is 0 Å². The number of alkyl halides is 3. The van der Waals surface area contributed by atoms with E-state index in [0.717, 1.165) is 35.6 Å². The molecule has 7 nitrogen and oxygen atoms in total. The zero-order valence-electron chi connectivity index (χ0n) is 25.0. The van der Waals surface area contributed by atoms with Gasteiger partial charge < -0.3 is 15.5 Å². The standard InChI is InChI=1S/C27H26F4N5O2.C7H7.U/c1-15-11-16(5-8-20(15)26(38)34-19-6-7-19)23-14-33-25-22(32-10-9-27(29,30)31)13-21(35-36(23)25)24(37)17-3-2-4-18(28)12-17;1-7-5-3-2-4-6-7;/h2,4-5,8,11-14,19,24,26,32,34,37-38H,6-7,9-10H2,1H3;2-6H,1H2;/q2*-1;+2. The molecule has 46 heavy (non-hydrogen) atoms. The molecule has 1 aliphatic carbocycles. The quantitative estimate of drug-likeness (QED) is 0.0750. The summed E-state index contributed by atoms with van der Waals surface area (Å²) in [5.41, 5.74) is 4.55. The number of hydrogen-bond acceptors (Lipinski definition) is 6. The van der Waals surface area contributed by atoms with Crippen LogP contribution >= 0.6 is 0 Å². The second kappa shape index (κ2) is 15.5. The number of rotatable bonds is 9. The fourth-order valence-electron chi connectivity index (χ4n) is 4.74. The van der Waals surface area contributed by atoms with E-state index in [-0.39, 0.29) is 53.7 Å². The average molecular weight is 858 g/mol. The second-order valence-electron chi connectivity index (χ2n) is 10.9. The molecule has 2 heterocycles. The largest absolute Gasteiger partial charge is 2.00 e. The van der Waals surface area contributed by atoms with Crippen LogP contribution in [0, 0.1) is 56.8 Å². The molecule has 0 saturated heterocycles. The fourth-order valence-corrected chi connectivity index (χ4v) is 4.74. The summed E-state index contributed by atoms with van der Waals surface area (Å²) in [6.07, 6.45) is -4.01. The summed E-state index contributed by atoms with van der Waals surface area (Å²) in [6.45, 7) is 5.18. The minimum Gasteiger partial charge on any atom is -0.384 e. The molecule has 1 saturated carbocycles. The molecule has 0 aliphatic heterocycles. The summed E-state index contributed by atoms with van der Waals surface area (Å²) in [6, 6.07) is 23.4. The predicted octanol–water partition coefficient (Wildman–Crippen LogP) is 6.70. The van der Waals surface area contributed by atoms with E-state index in [9.17, 15) is 27.8 Å². The number of nitrogens with one attached hydrogen (secondary N) is 2. The maximum absolute atomic E-state index is 13.8. The number of halogens is 4. The number of aliphatic hydroxyl groups excluding tert-OH is 2. The number of nitrogens with zero attached hydrogens (tertiary/aromatic N) is 3. The van der Waals surface area contributed by atoms with Crippen LogP contribution in [0.5, 0.6) is 0 Å². The van der Waals surface area contributed by atoms with E-state index in [0.29, 0.717) is 17.3 Å². The van der Waals surface area contributed by atoms with E-state index in [4.69, 9.17) is 0 Å². The van der Waals surface area contributed by atoms with Crippen molar-refractivity contribution in [3.8, 4) is 11.3 Å². The maximum atomic E-state index is 13.8. The van der Waals surface area contributed by atoms with Crippen molar-refractivity contribution in [2.75, 3.05) is 11.9 Å². The Hall–Kier alpha value is -3.40. The molecule has 3 aromatic carbocycles. The van der Waals surface area contributed by atoms with Gasteiger partial charge in [-0.15, -0.1) is 29.8 Å². The number of fused-ring (bicyclic) bond motifs is 1. The third-order valence-electron chi connectivity index (χ3n) is 7.25. The van der Waals surface area contributed by atoms with Crippen molar-refractivity contribution in [1.29, 1.82) is 0 Å². The minimum absolute atomic E-state index is 0. The monoisotopic (exact) mass is 857 g/mol. The number of aliphatic hydroxyl groups is 2. The first-order chi connectivity index (χ1) is 21.5. The summed E-state index contributed by atoms with van der Waals surface area (Å²) in [7, 11) is 0. The molecule has 6 rings (SSSR count). The van der Waals surface area contributed by atoms with Gasteiger partial charge in [-0.1, -0.05) is 18.2 Å². The van der Waals surface area contributed by atoms with Gasteiger partial charge in [0, 0.05) is 24.0 Å². The first-order valence-corrected chi connectivity index (χ1v) is 14.4. The Morgan fingerprint density at radius 3 is 2.41 bits per heavy atom. The molecule has 1 fully saturated rings. The van der Waals surface area contributed by atoms with Crippen molar-refractivity contribution in [3.63, 3.8) is 0 Å². The first-order valence-electron chi connectivity index (χ1n) is 14.4. The van der Waals surface area contributed by atoms with Gasteiger partial charge in [-0.05, 0) is 43.0 Å². The van der Waals surface area contributed by atoms with Gasteiger partial charge in [-0.2, -0.15) is 55.0 Å². The van der Waals surface area contributed by atoms with Gasteiger partial charge in [-0.25, -0.2) is 13.9 Å². The molecule has 5 aromatic rings. The van der Waals surface area contributed by atoms with E-state index in [2.05, 4.69) is 33.7 Å². The molecule has 2 unspecified atom stereocenters. The Labute approximate surface area is 288 Å². The Bertz CT molecular complexity index is 1750. The molecule has 2 atom stereocenters. The Balaban J connectivity index is 0.000000532. The van der Waals surface area contributed by atoms with Crippen LogP contribution < -0.4 is 10.6 Å². The molecule has 0 radical (unpaired) electrons. The van der Waals surface area contributed by atoms with E-state index in [1.165, 1.54) is 28.9 Å². The Kier molecular flexibility index (Phi) is 11.9. The van der Waals surface area contributed by atoms with Crippen molar-refractivity contribution < 1.29 is 58.9 Å². The zero-order chi connectivity index (χ0) is 32.1. The molecule has 1 aliphatic rings. The van der Waals surface area contributed by atoms with Gasteiger partial charge in [-0.3, -0.25) is 5.32 Å². The summed E-state index contributed by atoms with van der Waals surface area (Å²) in [5.74, 6) is -0.570. The van der Waals surface area contributed by atoms with Crippen molar-refractivity contribution in [2.24, 2.45) is 0 Å². The summed E-state index contributed by atoms with van der Waals surface area (Å²) in [4.78, 5) is 4.38. The van der Waals surface area contributed by atoms with Crippen LogP contribution in [0.4, 0.5) is 23.2 Å². The Morgan fingerprint density at radius 1 is 1.07 bits per heavy atom. The third kappa shape index (κ3) is 9.33. The molecular weight excluding hydrogens is 824 g/mol. The minimum atomic E-state index is -4.35. The smallest absolute Gasteiger partial charge is 0.384 e. The van der Waals surface area contributed by atoms with Crippen LogP contribution in [0.1, 0.15) is 59.5 Å². The van der Waals surface area contributed by atoms with E-state index < -0.39 is 37.3 Å². The van der Waals surface area contributed by atoms with E-state index >= 15 is 0 Å². The Morgan fingerprint density at radius 2 is 1.80 bits per heavy atom. The van der Waals surface area contributed by atoms with E-state index in [1.54, 1.807) is 12.1 Å². The first kappa shape index (κ1) is 35.5. The number of imidazole rings is 1. The molecule has 238 valence electrons. The van der Waals surface area contributed by atoms with E-state index in [1.807, 2.05) is 43.3 Å². The number of aryl methyl sites for hydroxylation is 1.